The third kappa shape index (κ3) is 4.18. The van der Waals surface area contributed by atoms with Gasteiger partial charge in [0, 0.05) is 17.8 Å². The average molecular weight is 255 g/mol. The van der Waals surface area contributed by atoms with Gasteiger partial charge in [-0.05, 0) is 52.6 Å². The quantitative estimate of drug-likeness (QED) is 0.737. The number of rotatable bonds is 6. The Morgan fingerprint density at radius 1 is 1.47 bits per heavy atom. The molecule has 1 fully saturated rings. The summed E-state index contributed by atoms with van der Waals surface area (Å²) in [6.45, 7) is 7.74. The van der Waals surface area contributed by atoms with Crippen LogP contribution in [0.25, 0.3) is 0 Å². The smallest absolute Gasteiger partial charge is 0.156 e. The SMILES string of the molecule is CC(C)N(C)CCCNC1=NCC(C2CC2)S1. The van der Waals surface area contributed by atoms with Crippen molar-refractivity contribution in [1.29, 1.82) is 0 Å². The molecule has 2 aliphatic rings. The summed E-state index contributed by atoms with van der Waals surface area (Å²) < 4.78 is 0. The highest BCUT2D eigenvalue weighted by Gasteiger charge is 2.35. The van der Waals surface area contributed by atoms with Gasteiger partial charge in [0.25, 0.3) is 0 Å². The molecule has 3 nitrogen and oxygen atoms in total. The molecule has 0 radical (unpaired) electrons. The second-order valence-electron chi connectivity index (χ2n) is 5.49. The minimum absolute atomic E-state index is 0.646. The predicted molar refractivity (Wildman–Crippen MR) is 76.8 cm³/mol. The molecule has 1 aliphatic heterocycles. The Bertz CT molecular complexity index is 274. The van der Waals surface area contributed by atoms with Gasteiger partial charge in [-0.2, -0.15) is 0 Å². The van der Waals surface area contributed by atoms with E-state index in [-0.39, 0.29) is 0 Å². The fraction of sp³-hybridized carbons (Fsp3) is 0.923. The van der Waals surface area contributed by atoms with Crippen molar-refractivity contribution in [2.45, 2.75) is 44.4 Å². The van der Waals surface area contributed by atoms with Gasteiger partial charge < -0.3 is 10.2 Å². The maximum Gasteiger partial charge on any atom is 0.156 e. The third-order valence-electron chi connectivity index (χ3n) is 3.67. The highest BCUT2D eigenvalue weighted by Crippen LogP contribution is 2.41. The van der Waals surface area contributed by atoms with Crippen LogP contribution in [0.1, 0.15) is 33.1 Å². The molecule has 0 saturated heterocycles. The maximum absolute atomic E-state index is 4.59. The van der Waals surface area contributed by atoms with Gasteiger partial charge >= 0.3 is 0 Å². The molecule has 1 atom stereocenters. The van der Waals surface area contributed by atoms with E-state index in [0.717, 1.165) is 30.8 Å². The normalized spacial score (nSPS) is 24.5. The molecule has 4 heteroatoms. The van der Waals surface area contributed by atoms with Crippen molar-refractivity contribution in [2.75, 3.05) is 26.7 Å². The first kappa shape index (κ1) is 13.2. The standard InChI is InChI=1S/C13H25N3S/c1-10(2)16(3)8-4-7-14-13-15-9-12(17-13)11-5-6-11/h10-12H,4-9H2,1-3H3,(H,14,15). The summed E-state index contributed by atoms with van der Waals surface area (Å²) in [4.78, 5) is 6.97. The van der Waals surface area contributed by atoms with Crippen molar-refractivity contribution < 1.29 is 0 Å². The molecule has 0 aromatic rings. The Morgan fingerprint density at radius 2 is 2.24 bits per heavy atom. The van der Waals surface area contributed by atoms with Crippen LogP contribution in [0.2, 0.25) is 0 Å². The molecule has 98 valence electrons. The summed E-state index contributed by atoms with van der Waals surface area (Å²) in [5, 5.41) is 5.45. The van der Waals surface area contributed by atoms with Crippen LogP contribution in [0.15, 0.2) is 4.99 Å². The zero-order valence-corrected chi connectivity index (χ0v) is 12.1. The van der Waals surface area contributed by atoms with Gasteiger partial charge in [0.2, 0.25) is 0 Å². The molecule has 1 saturated carbocycles. The molecule has 1 N–H and O–H groups in total. The lowest BCUT2D eigenvalue weighted by Gasteiger charge is -2.20. The number of thioether (sulfide) groups is 1. The highest BCUT2D eigenvalue weighted by molar-refractivity contribution is 8.14. The van der Waals surface area contributed by atoms with E-state index >= 15 is 0 Å². The number of hydrogen-bond donors (Lipinski definition) is 1. The molecule has 17 heavy (non-hydrogen) atoms. The number of hydrogen-bond acceptors (Lipinski definition) is 4. The lowest BCUT2D eigenvalue weighted by molar-refractivity contribution is 0.271. The van der Waals surface area contributed by atoms with E-state index in [1.54, 1.807) is 0 Å². The van der Waals surface area contributed by atoms with E-state index < -0.39 is 0 Å². The first-order chi connectivity index (χ1) is 8.16. The lowest BCUT2D eigenvalue weighted by Crippen LogP contribution is -2.30. The Kier molecular flexibility index (Phi) is 4.74. The van der Waals surface area contributed by atoms with E-state index in [1.165, 1.54) is 24.4 Å². The molecule has 1 aliphatic carbocycles. The summed E-state index contributed by atoms with van der Waals surface area (Å²) in [6.07, 6.45) is 4.06. The largest absolute Gasteiger partial charge is 0.365 e. The van der Waals surface area contributed by atoms with Crippen LogP contribution in [-0.2, 0) is 0 Å². The minimum atomic E-state index is 0.646. The maximum atomic E-state index is 4.59. The molecular weight excluding hydrogens is 230 g/mol. The molecule has 2 rings (SSSR count). The summed E-state index contributed by atoms with van der Waals surface area (Å²) in [5.41, 5.74) is 0. The van der Waals surface area contributed by atoms with E-state index in [1.807, 2.05) is 11.8 Å². The van der Waals surface area contributed by atoms with E-state index in [0.29, 0.717) is 6.04 Å². The van der Waals surface area contributed by atoms with Crippen LogP contribution in [0, 0.1) is 5.92 Å². The Labute approximate surface area is 109 Å². The second kappa shape index (κ2) is 6.10. The van der Waals surface area contributed by atoms with Crippen molar-refractivity contribution in [3.8, 4) is 0 Å². The first-order valence-electron chi connectivity index (χ1n) is 6.82. The van der Waals surface area contributed by atoms with Crippen molar-refractivity contribution in [3.05, 3.63) is 0 Å². The highest BCUT2D eigenvalue weighted by atomic mass is 32.2. The van der Waals surface area contributed by atoms with Crippen LogP contribution >= 0.6 is 11.8 Å². The van der Waals surface area contributed by atoms with Crippen molar-refractivity contribution in [2.24, 2.45) is 10.9 Å². The fourth-order valence-electron chi connectivity index (χ4n) is 1.98. The first-order valence-corrected chi connectivity index (χ1v) is 7.70. The fourth-order valence-corrected chi connectivity index (χ4v) is 3.22. The topological polar surface area (TPSA) is 27.6 Å². The molecule has 1 unspecified atom stereocenters. The number of amidine groups is 1. The second-order valence-corrected chi connectivity index (χ2v) is 6.72. The van der Waals surface area contributed by atoms with Crippen molar-refractivity contribution in [1.82, 2.24) is 10.2 Å². The minimum Gasteiger partial charge on any atom is -0.365 e. The summed E-state index contributed by atoms with van der Waals surface area (Å²) >= 11 is 1.97. The van der Waals surface area contributed by atoms with Crippen LogP contribution in [-0.4, -0.2) is 48.0 Å². The van der Waals surface area contributed by atoms with Gasteiger partial charge in [-0.25, -0.2) is 0 Å². The Morgan fingerprint density at radius 3 is 2.88 bits per heavy atom. The van der Waals surface area contributed by atoms with Gasteiger partial charge in [0.15, 0.2) is 5.17 Å². The average Bonchev–Trinajstić information content (AvgIpc) is 3.04. The van der Waals surface area contributed by atoms with Crippen molar-refractivity contribution >= 4 is 16.9 Å². The van der Waals surface area contributed by atoms with Gasteiger partial charge in [0.05, 0.1) is 6.54 Å². The van der Waals surface area contributed by atoms with Gasteiger partial charge in [-0.1, -0.05) is 11.8 Å². The molecule has 0 aromatic heterocycles. The zero-order valence-electron chi connectivity index (χ0n) is 11.3. The van der Waals surface area contributed by atoms with Crippen molar-refractivity contribution in [3.63, 3.8) is 0 Å². The molecule has 1 heterocycles. The summed E-state index contributed by atoms with van der Waals surface area (Å²) in [7, 11) is 2.19. The van der Waals surface area contributed by atoms with Crippen LogP contribution in [0.3, 0.4) is 0 Å². The zero-order chi connectivity index (χ0) is 12.3. The van der Waals surface area contributed by atoms with Gasteiger partial charge in [-0.3, -0.25) is 4.99 Å². The monoisotopic (exact) mass is 255 g/mol. The van der Waals surface area contributed by atoms with E-state index in [2.05, 4.69) is 36.1 Å². The Hall–Kier alpha value is -0.220. The Balaban J connectivity index is 1.54. The lowest BCUT2D eigenvalue weighted by atomic mass is 10.3. The van der Waals surface area contributed by atoms with E-state index in [4.69, 9.17) is 0 Å². The number of nitrogens with one attached hydrogen (secondary N) is 1. The van der Waals surface area contributed by atoms with Crippen LogP contribution in [0.5, 0.6) is 0 Å². The number of aliphatic imine (C=N–C) groups is 1. The number of nitrogens with zero attached hydrogens (tertiary/aromatic N) is 2. The molecular formula is C13H25N3S. The predicted octanol–water partition coefficient (Wildman–Crippen LogP) is 2.19. The summed E-state index contributed by atoms with van der Waals surface area (Å²) in [6, 6.07) is 0.646. The van der Waals surface area contributed by atoms with E-state index in [9.17, 15) is 0 Å². The molecule has 0 amide bonds. The molecule has 0 spiro atoms. The van der Waals surface area contributed by atoms with Crippen LogP contribution < -0.4 is 5.32 Å². The molecule has 0 aromatic carbocycles. The van der Waals surface area contributed by atoms with Gasteiger partial charge in [-0.15, -0.1) is 0 Å². The summed E-state index contributed by atoms with van der Waals surface area (Å²) in [5.74, 6) is 0.968. The van der Waals surface area contributed by atoms with Gasteiger partial charge in [0.1, 0.15) is 0 Å². The molecule has 0 bridgehead atoms. The van der Waals surface area contributed by atoms with Crippen LogP contribution in [0.4, 0.5) is 0 Å². The third-order valence-corrected chi connectivity index (χ3v) is 5.00.